The van der Waals surface area contributed by atoms with Crippen molar-refractivity contribution in [2.24, 2.45) is 0 Å². The fourth-order valence-electron chi connectivity index (χ4n) is 2.14. The Balaban J connectivity index is 1.79. The van der Waals surface area contributed by atoms with Gasteiger partial charge in [-0.15, -0.1) is 5.10 Å². The summed E-state index contributed by atoms with van der Waals surface area (Å²) in [4.78, 5) is 12.4. The topological polar surface area (TPSA) is 107 Å². The Hall–Kier alpha value is -3.55. The minimum atomic E-state index is -0.458. The van der Waals surface area contributed by atoms with Gasteiger partial charge in [0.25, 0.3) is 5.91 Å². The molecule has 0 spiro atoms. The molecule has 0 atom stereocenters. The van der Waals surface area contributed by atoms with Gasteiger partial charge in [0.1, 0.15) is 17.2 Å². The van der Waals surface area contributed by atoms with Crippen LogP contribution in [0.2, 0.25) is 0 Å². The summed E-state index contributed by atoms with van der Waals surface area (Å²) >= 11 is 0. The van der Waals surface area contributed by atoms with Crippen molar-refractivity contribution in [1.82, 2.24) is 10.2 Å². The number of ether oxygens (including phenoxy) is 2. The van der Waals surface area contributed by atoms with E-state index < -0.39 is 5.91 Å². The first-order chi connectivity index (χ1) is 12.1. The van der Waals surface area contributed by atoms with E-state index >= 15 is 0 Å². The second-order valence-electron chi connectivity index (χ2n) is 4.98. The lowest BCUT2D eigenvalue weighted by atomic mass is 10.2. The van der Waals surface area contributed by atoms with E-state index in [0.29, 0.717) is 22.6 Å². The summed E-state index contributed by atoms with van der Waals surface area (Å²) in [6, 6.07) is 11.0. The molecule has 3 aromatic rings. The number of aromatic hydroxyl groups is 1. The molecule has 2 aromatic carbocycles. The lowest BCUT2D eigenvalue weighted by Crippen LogP contribution is -2.13. The zero-order valence-corrected chi connectivity index (χ0v) is 13.5. The molecule has 1 heterocycles. The SMILES string of the molecule is COc1ccc(C(=O)Nc2nnc(-c3ccc(O)cc3)o2)c(OC)c1. The normalized spacial score (nSPS) is 10.3. The molecule has 1 amide bonds. The smallest absolute Gasteiger partial charge is 0.322 e. The van der Waals surface area contributed by atoms with Crippen LogP contribution in [0.1, 0.15) is 10.4 Å². The molecule has 0 aliphatic heterocycles. The Morgan fingerprint density at radius 3 is 2.52 bits per heavy atom. The van der Waals surface area contributed by atoms with E-state index in [9.17, 15) is 9.90 Å². The van der Waals surface area contributed by atoms with Crippen LogP contribution in [0.4, 0.5) is 6.01 Å². The summed E-state index contributed by atoms with van der Waals surface area (Å²) in [7, 11) is 2.99. The Morgan fingerprint density at radius 2 is 1.84 bits per heavy atom. The number of anilines is 1. The van der Waals surface area contributed by atoms with Gasteiger partial charge < -0.3 is 19.0 Å². The second-order valence-corrected chi connectivity index (χ2v) is 4.98. The highest BCUT2D eigenvalue weighted by atomic mass is 16.5. The third-order valence-corrected chi connectivity index (χ3v) is 3.41. The number of rotatable bonds is 5. The van der Waals surface area contributed by atoms with E-state index in [0.717, 1.165) is 0 Å². The van der Waals surface area contributed by atoms with Gasteiger partial charge in [-0.25, -0.2) is 0 Å². The van der Waals surface area contributed by atoms with Crippen LogP contribution in [0.15, 0.2) is 46.9 Å². The van der Waals surface area contributed by atoms with Crippen LogP contribution in [0.3, 0.4) is 0 Å². The van der Waals surface area contributed by atoms with Crippen LogP contribution in [0, 0.1) is 0 Å². The van der Waals surface area contributed by atoms with Crippen LogP contribution >= 0.6 is 0 Å². The molecule has 0 bridgehead atoms. The Kier molecular flexibility index (Phi) is 4.51. The number of hydrogen-bond donors (Lipinski definition) is 2. The number of phenols is 1. The number of carbonyl (C=O) groups is 1. The summed E-state index contributed by atoms with van der Waals surface area (Å²) in [6.45, 7) is 0. The Labute approximate surface area is 143 Å². The lowest BCUT2D eigenvalue weighted by Gasteiger charge is -2.09. The first-order valence-electron chi connectivity index (χ1n) is 7.27. The number of hydrogen-bond acceptors (Lipinski definition) is 7. The quantitative estimate of drug-likeness (QED) is 0.734. The third-order valence-electron chi connectivity index (χ3n) is 3.41. The van der Waals surface area contributed by atoms with Crippen molar-refractivity contribution in [2.45, 2.75) is 0 Å². The van der Waals surface area contributed by atoms with Crippen LogP contribution in [0.5, 0.6) is 17.2 Å². The Morgan fingerprint density at radius 1 is 1.08 bits per heavy atom. The van der Waals surface area contributed by atoms with Crippen LogP contribution in [0.25, 0.3) is 11.5 Å². The van der Waals surface area contributed by atoms with Gasteiger partial charge >= 0.3 is 6.01 Å². The van der Waals surface area contributed by atoms with Gasteiger partial charge in [-0.1, -0.05) is 5.10 Å². The first-order valence-corrected chi connectivity index (χ1v) is 7.27. The van der Waals surface area contributed by atoms with Gasteiger partial charge in [0.2, 0.25) is 5.89 Å². The van der Waals surface area contributed by atoms with E-state index in [1.54, 1.807) is 30.3 Å². The third kappa shape index (κ3) is 3.52. The summed E-state index contributed by atoms with van der Waals surface area (Å²) in [6.07, 6.45) is 0. The minimum Gasteiger partial charge on any atom is -0.508 e. The second kappa shape index (κ2) is 6.91. The molecule has 0 saturated heterocycles. The number of nitrogens with zero attached hydrogens (tertiary/aromatic N) is 2. The molecule has 8 nitrogen and oxygen atoms in total. The highest BCUT2D eigenvalue weighted by molar-refractivity contribution is 6.05. The molecule has 0 fully saturated rings. The molecular formula is C17H15N3O5. The van der Waals surface area contributed by atoms with Gasteiger partial charge in [-0.2, -0.15) is 0 Å². The molecule has 25 heavy (non-hydrogen) atoms. The average molecular weight is 341 g/mol. The standard InChI is InChI=1S/C17H15N3O5/c1-23-12-7-8-13(14(9-12)24-2)15(22)18-17-20-19-16(25-17)10-3-5-11(21)6-4-10/h3-9,21H,1-2H3,(H,18,20,22). The molecule has 0 unspecified atom stereocenters. The molecule has 0 aliphatic rings. The molecule has 8 heteroatoms. The predicted octanol–water partition coefficient (Wildman–Crippen LogP) is 2.71. The fourth-order valence-corrected chi connectivity index (χ4v) is 2.14. The van der Waals surface area contributed by atoms with Gasteiger partial charge in [0, 0.05) is 11.6 Å². The van der Waals surface area contributed by atoms with Gasteiger partial charge in [-0.05, 0) is 36.4 Å². The van der Waals surface area contributed by atoms with Gasteiger partial charge in [0.15, 0.2) is 0 Å². The number of amides is 1. The van der Waals surface area contributed by atoms with Crippen molar-refractivity contribution < 1.29 is 23.8 Å². The maximum absolute atomic E-state index is 12.4. The average Bonchev–Trinajstić information content (AvgIpc) is 3.10. The largest absolute Gasteiger partial charge is 0.508 e. The molecular weight excluding hydrogens is 326 g/mol. The maximum Gasteiger partial charge on any atom is 0.322 e. The number of methoxy groups -OCH3 is 2. The highest BCUT2D eigenvalue weighted by Gasteiger charge is 2.17. The van der Waals surface area contributed by atoms with Gasteiger partial charge in [0.05, 0.1) is 19.8 Å². The zero-order chi connectivity index (χ0) is 17.8. The van der Waals surface area contributed by atoms with E-state index in [2.05, 4.69) is 15.5 Å². The molecule has 3 rings (SSSR count). The Bertz CT molecular complexity index is 890. The number of phenolic OH excluding ortho intramolecular Hbond substituents is 1. The summed E-state index contributed by atoms with van der Waals surface area (Å²) in [5.41, 5.74) is 0.917. The number of carbonyl (C=O) groups excluding carboxylic acids is 1. The lowest BCUT2D eigenvalue weighted by molar-refractivity contribution is 0.102. The molecule has 0 saturated carbocycles. The van der Waals surface area contributed by atoms with Crippen molar-refractivity contribution in [3.63, 3.8) is 0 Å². The molecule has 2 N–H and O–H groups in total. The summed E-state index contributed by atoms with van der Waals surface area (Å²) in [5.74, 6) is 0.816. The number of nitrogens with one attached hydrogen (secondary N) is 1. The minimum absolute atomic E-state index is 0.0500. The molecule has 1 aromatic heterocycles. The van der Waals surface area contributed by atoms with E-state index in [1.165, 1.54) is 26.4 Å². The van der Waals surface area contributed by atoms with Crippen molar-refractivity contribution >= 4 is 11.9 Å². The summed E-state index contributed by atoms with van der Waals surface area (Å²) < 4.78 is 15.7. The first kappa shape index (κ1) is 16.3. The number of benzene rings is 2. The molecule has 128 valence electrons. The van der Waals surface area contributed by atoms with E-state index in [-0.39, 0.29) is 17.7 Å². The highest BCUT2D eigenvalue weighted by Crippen LogP contribution is 2.26. The van der Waals surface area contributed by atoms with Crippen molar-refractivity contribution in [2.75, 3.05) is 19.5 Å². The number of aromatic nitrogens is 2. The van der Waals surface area contributed by atoms with Crippen LogP contribution < -0.4 is 14.8 Å². The van der Waals surface area contributed by atoms with Crippen LogP contribution in [-0.2, 0) is 0 Å². The van der Waals surface area contributed by atoms with Crippen molar-refractivity contribution in [3.05, 3.63) is 48.0 Å². The maximum atomic E-state index is 12.4. The molecule has 0 aliphatic carbocycles. The van der Waals surface area contributed by atoms with Crippen molar-refractivity contribution in [1.29, 1.82) is 0 Å². The van der Waals surface area contributed by atoms with E-state index in [4.69, 9.17) is 13.9 Å². The predicted molar refractivity (Wildman–Crippen MR) is 88.9 cm³/mol. The van der Waals surface area contributed by atoms with Crippen molar-refractivity contribution in [3.8, 4) is 28.7 Å². The zero-order valence-electron chi connectivity index (χ0n) is 13.5. The fraction of sp³-hybridized carbons (Fsp3) is 0.118. The van der Waals surface area contributed by atoms with E-state index in [1.807, 2.05) is 0 Å². The monoisotopic (exact) mass is 341 g/mol. The van der Waals surface area contributed by atoms with Gasteiger partial charge in [-0.3, -0.25) is 10.1 Å². The van der Waals surface area contributed by atoms with Crippen LogP contribution in [-0.4, -0.2) is 35.4 Å². The summed E-state index contributed by atoms with van der Waals surface area (Å²) in [5, 5.41) is 19.5. The molecule has 0 radical (unpaired) electrons.